The number of hydrogen-bond acceptors (Lipinski definition) is 8. The first-order chi connectivity index (χ1) is 18.1. The number of carbonyl (C=O) groups is 2. The molecule has 1 aromatic carbocycles. The molecule has 0 fully saturated rings. The number of benzene rings is 1. The molecule has 2 amide bonds. The number of nitrogens with zero attached hydrogens (tertiary/aromatic N) is 3. The van der Waals surface area contributed by atoms with Crippen LogP contribution in [0.25, 0.3) is 0 Å². The van der Waals surface area contributed by atoms with Crippen molar-refractivity contribution < 1.29 is 27.9 Å². The summed E-state index contributed by atoms with van der Waals surface area (Å²) in [4.78, 5) is 31.7. The Morgan fingerprint density at radius 3 is 2.68 bits per heavy atom. The zero-order valence-corrected chi connectivity index (χ0v) is 22.9. The molecule has 3 atom stereocenters. The smallest absolute Gasteiger partial charge is 0.258 e. The number of rotatable bonds is 8. The highest BCUT2D eigenvalue weighted by molar-refractivity contribution is 7.91. The highest BCUT2D eigenvalue weighted by atomic mass is 32.2. The van der Waals surface area contributed by atoms with Crippen molar-refractivity contribution in [2.75, 3.05) is 32.1 Å². The molecule has 0 spiro atoms. The molecular formula is C26H30N4O6S2. The topological polar surface area (TPSA) is 129 Å². The Kier molecular flexibility index (Phi) is 8.46. The van der Waals surface area contributed by atoms with Gasteiger partial charge in [-0.2, -0.15) is 4.31 Å². The predicted octanol–water partition coefficient (Wildman–Crippen LogP) is 2.94. The molecule has 3 aromatic rings. The van der Waals surface area contributed by atoms with Gasteiger partial charge in [0.2, 0.25) is 0 Å². The van der Waals surface area contributed by atoms with Crippen molar-refractivity contribution in [3.8, 4) is 5.75 Å². The number of aromatic nitrogens is 1. The Bertz CT molecular complexity index is 1380. The number of thiophene rings is 1. The van der Waals surface area contributed by atoms with E-state index in [9.17, 15) is 23.1 Å². The SMILES string of the molecule is C[C@@H]1CN([C@@H](C)CO)C(=O)c2cc(NC(=O)c3ccncc3)ccc2O[C@H]1CN(C)S(=O)(=O)c1cccs1. The van der Waals surface area contributed by atoms with Gasteiger partial charge in [0.25, 0.3) is 21.8 Å². The third-order valence-electron chi connectivity index (χ3n) is 6.46. The molecule has 1 aliphatic rings. The van der Waals surface area contributed by atoms with E-state index in [1.807, 2.05) is 6.92 Å². The fraction of sp³-hybridized carbons (Fsp3) is 0.346. The second-order valence-corrected chi connectivity index (χ2v) is 12.5. The Balaban J connectivity index is 1.65. The molecule has 10 nitrogen and oxygen atoms in total. The molecule has 0 bridgehead atoms. The lowest BCUT2D eigenvalue weighted by Gasteiger charge is -2.38. The van der Waals surface area contributed by atoms with Crippen molar-refractivity contribution in [2.45, 2.75) is 30.2 Å². The van der Waals surface area contributed by atoms with Crippen LogP contribution in [0.2, 0.25) is 0 Å². The van der Waals surface area contributed by atoms with Gasteiger partial charge in [-0.25, -0.2) is 8.42 Å². The van der Waals surface area contributed by atoms with Gasteiger partial charge in [0.05, 0.1) is 24.8 Å². The number of fused-ring (bicyclic) bond motifs is 1. The maximum Gasteiger partial charge on any atom is 0.258 e. The summed E-state index contributed by atoms with van der Waals surface area (Å²) in [6.07, 6.45) is 2.43. The van der Waals surface area contributed by atoms with Crippen LogP contribution >= 0.6 is 11.3 Å². The van der Waals surface area contributed by atoms with Crippen LogP contribution in [-0.4, -0.2) is 78.4 Å². The average molecular weight is 559 g/mol. The van der Waals surface area contributed by atoms with Crippen LogP contribution in [0.15, 0.2) is 64.4 Å². The van der Waals surface area contributed by atoms with E-state index >= 15 is 0 Å². The van der Waals surface area contributed by atoms with Crippen molar-refractivity contribution in [3.63, 3.8) is 0 Å². The van der Waals surface area contributed by atoms with Crippen molar-refractivity contribution in [3.05, 3.63) is 71.4 Å². The van der Waals surface area contributed by atoms with Crippen LogP contribution in [-0.2, 0) is 10.0 Å². The predicted molar refractivity (Wildman–Crippen MR) is 144 cm³/mol. The van der Waals surface area contributed by atoms with E-state index in [0.29, 0.717) is 11.3 Å². The molecule has 0 aliphatic carbocycles. The average Bonchev–Trinajstić information content (AvgIpc) is 3.47. The molecule has 2 aromatic heterocycles. The van der Waals surface area contributed by atoms with Crippen molar-refractivity contribution in [2.24, 2.45) is 5.92 Å². The van der Waals surface area contributed by atoms with Gasteiger partial charge in [-0.05, 0) is 48.7 Å². The molecule has 0 saturated heterocycles. The largest absolute Gasteiger partial charge is 0.488 e. The summed E-state index contributed by atoms with van der Waals surface area (Å²) in [5, 5.41) is 14.3. The molecule has 4 rings (SSSR count). The van der Waals surface area contributed by atoms with Crippen LogP contribution < -0.4 is 10.1 Å². The normalized spacial score (nSPS) is 18.8. The quantitative estimate of drug-likeness (QED) is 0.435. The molecule has 3 heterocycles. The molecular weight excluding hydrogens is 528 g/mol. The van der Waals surface area contributed by atoms with E-state index in [1.54, 1.807) is 53.6 Å². The Morgan fingerprint density at radius 2 is 2.03 bits per heavy atom. The van der Waals surface area contributed by atoms with Gasteiger partial charge < -0.3 is 20.1 Å². The highest BCUT2D eigenvalue weighted by Crippen LogP contribution is 2.31. The van der Waals surface area contributed by atoms with E-state index < -0.39 is 22.2 Å². The number of anilines is 1. The number of aliphatic hydroxyl groups is 1. The van der Waals surface area contributed by atoms with E-state index in [0.717, 1.165) is 11.3 Å². The van der Waals surface area contributed by atoms with E-state index in [1.165, 1.54) is 29.8 Å². The van der Waals surface area contributed by atoms with Crippen LogP contribution in [0.1, 0.15) is 34.6 Å². The van der Waals surface area contributed by atoms with Gasteiger partial charge in [0, 0.05) is 43.2 Å². The van der Waals surface area contributed by atoms with Gasteiger partial charge >= 0.3 is 0 Å². The Hall–Kier alpha value is -3.32. The molecule has 0 radical (unpaired) electrons. The molecule has 202 valence electrons. The van der Waals surface area contributed by atoms with E-state index in [2.05, 4.69) is 10.3 Å². The summed E-state index contributed by atoms with van der Waals surface area (Å²) in [5.74, 6) is -0.704. The molecule has 38 heavy (non-hydrogen) atoms. The maximum absolute atomic E-state index is 13.6. The Labute approximate surface area is 225 Å². The molecule has 2 N–H and O–H groups in total. The molecule has 1 aliphatic heterocycles. The first-order valence-corrected chi connectivity index (χ1v) is 14.4. The highest BCUT2D eigenvalue weighted by Gasteiger charge is 2.35. The number of ether oxygens (including phenoxy) is 1. The zero-order chi connectivity index (χ0) is 27.4. The summed E-state index contributed by atoms with van der Waals surface area (Å²) in [6.45, 7) is 3.67. The summed E-state index contributed by atoms with van der Waals surface area (Å²) in [5.41, 5.74) is 1.01. The van der Waals surface area contributed by atoms with Gasteiger partial charge in [-0.1, -0.05) is 13.0 Å². The van der Waals surface area contributed by atoms with Gasteiger partial charge in [0.1, 0.15) is 16.1 Å². The monoisotopic (exact) mass is 558 g/mol. The summed E-state index contributed by atoms with van der Waals surface area (Å²) >= 11 is 1.14. The fourth-order valence-electron chi connectivity index (χ4n) is 4.14. The molecule has 12 heteroatoms. The molecule has 0 saturated carbocycles. The first-order valence-electron chi connectivity index (χ1n) is 12.1. The number of hydrogen-bond donors (Lipinski definition) is 2. The van der Waals surface area contributed by atoms with Crippen LogP contribution in [0.5, 0.6) is 5.75 Å². The lowest BCUT2D eigenvalue weighted by molar-refractivity contribution is 0.0387. The third-order valence-corrected chi connectivity index (χ3v) is 9.66. The van der Waals surface area contributed by atoms with E-state index in [-0.39, 0.29) is 53.0 Å². The summed E-state index contributed by atoms with van der Waals surface area (Å²) in [6, 6.07) is 10.7. The minimum Gasteiger partial charge on any atom is -0.488 e. The number of pyridine rings is 1. The zero-order valence-electron chi connectivity index (χ0n) is 21.3. The summed E-state index contributed by atoms with van der Waals surface area (Å²) < 4.78 is 33.9. The number of sulfonamides is 1. The van der Waals surface area contributed by atoms with Gasteiger partial charge in [0.15, 0.2) is 0 Å². The van der Waals surface area contributed by atoms with Crippen molar-refractivity contribution >= 4 is 38.9 Å². The van der Waals surface area contributed by atoms with Crippen LogP contribution in [0, 0.1) is 5.92 Å². The second kappa shape index (κ2) is 11.6. The molecule has 0 unspecified atom stereocenters. The Morgan fingerprint density at radius 1 is 1.29 bits per heavy atom. The number of likely N-dealkylation sites (N-methyl/N-ethyl adjacent to an activating group) is 1. The lowest BCUT2D eigenvalue weighted by Crippen LogP contribution is -2.50. The number of carbonyl (C=O) groups excluding carboxylic acids is 2. The fourth-order valence-corrected chi connectivity index (χ4v) is 6.52. The van der Waals surface area contributed by atoms with Gasteiger partial charge in [-0.15, -0.1) is 11.3 Å². The number of nitrogens with one attached hydrogen (secondary N) is 1. The summed E-state index contributed by atoms with van der Waals surface area (Å²) in [7, 11) is -2.21. The minimum absolute atomic E-state index is 0.0525. The van der Waals surface area contributed by atoms with Gasteiger partial charge in [-0.3, -0.25) is 14.6 Å². The van der Waals surface area contributed by atoms with Crippen molar-refractivity contribution in [1.29, 1.82) is 0 Å². The van der Waals surface area contributed by atoms with E-state index in [4.69, 9.17) is 4.74 Å². The maximum atomic E-state index is 13.6. The third kappa shape index (κ3) is 5.88. The number of aliphatic hydroxyl groups excluding tert-OH is 1. The van der Waals surface area contributed by atoms with Crippen LogP contribution in [0.3, 0.4) is 0 Å². The lowest BCUT2D eigenvalue weighted by atomic mass is 9.99. The van der Waals surface area contributed by atoms with Crippen LogP contribution in [0.4, 0.5) is 5.69 Å². The van der Waals surface area contributed by atoms with Crippen molar-refractivity contribution in [1.82, 2.24) is 14.2 Å². The first kappa shape index (κ1) is 27.7. The number of amides is 2. The second-order valence-electron chi connectivity index (χ2n) is 9.24. The minimum atomic E-state index is -3.71. The standard InChI is InChI=1S/C26H30N4O6S2/c1-17-14-30(18(2)16-31)26(33)21-13-20(28-25(32)19-8-10-27-11-9-19)6-7-22(21)36-23(17)15-29(3)38(34,35)24-5-4-12-37-24/h4-13,17-18,23,31H,14-16H2,1-3H3,(H,28,32)/t17-,18+,23+/m1/s1.